The van der Waals surface area contributed by atoms with E-state index in [0.717, 1.165) is 11.1 Å². The van der Waals surface area contributed by atoms with Crippen molar-refractivity contribution in [3.63, 3.8) is 0 Å². The molecular weight excluding hydrogens is 207 g/mol. The highest BCUT2D eigenvalue weighted by Crippen LogP contribution is 2.27. The number of benzene rings is 1. The summed E-state index contributed by atoms with van der Waals surface area (Å²) in [6.07, 6.45) is 0.461. The van der Waals surface area contributed by atoms with Crippen LogP contribution in [-0.2, 0) is 16.6 Å². The molecule has 0 bridgehead atoms. The molecule has 0 amide bonds. The normalized spacial score (nSPS) is 11.4. The fourth-order valence-electron chi connectivity index (χ4n) is 1.74. The van der Waals surface area contributed by atoms with Gasteiger partial charge in [-0.05, 0) is 11.1 Å². The van der Waals surface area contributed by atoms with Gasteiger partial charge in [-0.15, -0.1) is 0 Å². The molecule has 0 aliphatic rings. The van der Waals surface area contributed by atoms with Gasteiger partial charge in [-0.2, -0.15) is 0 Å². The van der Waals surface area contributed by atoms with Crippen molar-refractivity contribution >= 4 is 5.97 Å². The van der Waals surface area contributed by atoms with Crippen molar-refractivity contribution in [2.24, 2.45) is 0 Å². The van der Waals surface area contributed by atoms with E-state index in [1.807, 2.05) is 38.1 Å². The van der Waals surface area contributed by atoms with E-state index in [1.54, 1.807) is 0 Å². The number of aliphatic carboxylic acids is 1. The van der Waals surface area contributed by atoms with Crippen molar-refractivity contribution in [3.8, 4) is 0 Å². The van der Waals surface area contributed by atoms with E-state index < -0.39 is 11.4 Å². The summed E-state index contributed by atoms with van der Waals surface area (Å²) in [5.74, 6) is -0.819. The molecule has 0 saturated carbocycles. The van der Waals surface area contributed by atoms with Gasteiger partial charge >= 0.3 is 5.97 Å². The van der Waals surface area contributed by atoms with Crippen LogP contribution < -0.4 is 0 Å². The molecule has 1 rings (SSSR count). The van der Waals surface area contributed by atoms with Crippen LogP contribution >= 0.6 is 0 Å². The summed E-state index contributed by atoms with van der Waals surface area (Å²) in [7, 11) is 0. The van der Waals surface area contributed by atoms with Gasteiger partial charge in [-0.1, -0.05) is 38.1 Å². The van der Waals surface area contributed by atoms with E-state index in [0.29, 0.717) is 6.42 Å². The molecule has 1 N–H and O–H groups in total. The van der Waals surface area contributed by atoms with E-state index >= 15 is 0 Å². The molecule has 0 radical (unpaired) electrons. The van der Waals surface area contributed by atoms with Gasteiger partial charge < -0.3 is 5.11 Å². The smallest absolute Gasteiger partial charge is 0.304 e. The van der Waals surface area contributed by atoms with Crippen molar-refractivity contribution < 1.29 is 14.3 Å². The lowest BCUT2D eigenvalue weighted by Gasteiger charge is -2.23. The highest BCUT2D eigenvalue weighted by Gasteiger charge is 2.24. The Morgan fingerprint density at radius 1 is 1.44 bits per heavy atom. The molecule has 0 spiro atoms. The van der Waals surface area contributed by atoms with Crippen molar-refractivity contribution in [1.82, 2.24) is 0 Å². The van der Waals surface area contributed by atoms with Gasteiger partial charge in [0.05, 0.1) is 13.1 Å². The minimum absolute atomic E-state index is 0.0755. The maximum Gasteiger partial charge on any atom is 0.304 e. The third kappa shape index (κ3) is 3.33. The summed E-state index contributed by atoms with van der Waals surface area (Å²) in [6, 6.07) is 7.50. The van der Waals surface area contributed by atoms with E-state index in [2.05, 4.69) is 0 Å². The SMILES string of the molecule is CC(C)(CC(=O)O)c1cccc(CCF)c1. The lowest BCUT2D eigenvalue weighted by atomic mass is 9.81. The second-order valence-corrected chi connectivity index (χ2v) is 4.59. The Morgan fingerprint density at radius 2 is 2.12 bits per heavy atom. The van der Waals surface area contributed by atoms with Gasteiger partial charge in [0, 0.05) is 11.8 Å². The van der Waals surface area contributed by atoms with Crippen LogP contribution in [0.25, 0.3) is 0 Å². The van der Waals surface area contributed by atoms with E-state index in [4.69, 9.17) is 5.11 Å². The maximum absolute atomic E-state index is 12.2. The molecule has 0 aliphatic carbocycles. The van der Waals surface area contributed by atoms with Gasteiger partial charge in [-0.25, -0.2) is 0 Å². The van der Waals surface area contributed by atoms with Crippen molar-refractivity contribution in [3.05, 3.63) is 35.4 Å². The molecule has 16 heavy (non-hydrogen) atoms. The minimum Gasteiger partial charge on any atom is -0.481 e. The van der Waals surface area contributed by atoms with Gasteiger partial charge in [0.15, 0.2) is 0 Å². The van der Waals surface area contributed by atoms with E-state index in [1.165, 1.54) is 0 Å². The van der Waals surface area contributed by atoms with Crippen LogP contribution in [0.5, 0.6) is 0 Å². The topological polar surface area (TPSA) is 37.3 Å². The van der Waals surface area contributed by atoms with Crippen LogP contribution in [0.2, 0.25) is 0 Å². The summed E-state index contributed by atoms with van der Waals surface area (Å²) < 4.78 is 12.2. The first-order valence-electron chi connectivity index (χ1n) is 5.33. The molecule has 1 aromatic carbocycles. The zero-order valence-corrected chi connectivity index (χ0v) is 9.66. The second-order valence-electron chi connectivity index (χ2n) is 4.59. The molecule has 0 aromatic heterocycles. The number of halogens is 1. The van der Waals surface area contributed by atoms with Crippen molar-refractivity contribution in [2.45, 2.75) is 32.1 Å². The quantitative estimate of drug-likeness (QED) is 0.834. The number of hydrogen-bond acceptors (Lipinski definition) is 1. The fourth-order valence-corrected chi connectivity index (χ4v) is 1.74. The summed E-state index contributed by atoms with van der Waals surface area (Å²) in [6.45, 7) is 3.38. The number of carboxylic acids is 1. The summed E-state index contributed by atoms with van der Waals surface area (Å²) >= 11 is 0. The minimum atomic E-state index is -0.819. The Labute approximate surface area is 95.1 Å². The average Bonchev–Trinajstić information content (AvgIpc) is 2.16. The molecule has 0 fully saturated rings. The Bertz CT molecular complexity index is 372. The van der Waals surface area contributed by atoms with Crippen molar-refractivity contribution in [2.75, 3.05) is 6.67 Å². The summed E-state index contributed by atoms with van der Waals surface area (Å²) in [5.41, 5.74) is 1.44. The van der Waals surface area contributed by atoms with Crippen LogP contribution in [0.15, 0.2) is 24.3 Å². The van der Waals surface area contributed by atoms with Crippen LogP contribution in [0.4, 0.5) is 4.39 Å². The predicted molar refractivity (Wildman–Crippen MR) is 61.4 cm³/mol. The van der Waals surface area contributed by atoms with Crippen LogP contribution in [0, 0.1) is 0 Å². The molecule has 1 aromatic rings. The molecule has 0 heterocycles. The number of rotatable bonds is 5. The maximum atomic E-state index is 12.2. The third-order valence-corrected chi connectivity index (χ3v) is 2.68. The predicted octanol–water partition coefficient (Wildman–Crippen LogP) is 2.95. The number of aryl methyl sites for hydroxylation is 1. The van der Waals surface area contributed by atoms with E-state index in [-0.39, 0.29) is 13.1 Å². The Hall–Kier alpha value is -1.38. The van der Waals surface area contributed by atoms with Crippen molar-refractivity contribution in [1.29, 1.82) is 0 Å². The second kappa shape index (κ2) is 5.10. The van der Waals surface area contributed by atoms with Gasteiger partial charge in [0.25, 0.3) is 0 Å². The zero-order valence-electron chi connectivity index (χ0n) is 9.66. The largest absolute Gasteiger partial charge is 0.481 e. The molecule has 0 unspecified atom stereocenters. The molecule has 0 saturated heterocycles. The monoisotopic (exact) mass is 224 g/mol. The van der Waals surface area contributed by atoms with Crippen LogP contribution in [0.3, 0.4) is 0 Å². The molecule has 2 nitrogen and oxygen atoms in total. The average molecular weight is 224 g/mol. The van der Waals surface area contributed by atoms with Crippen LogP contribution in [0.1, 0.15) is 31.4 Å². The molecule has 88 valence electrons. The molecule has 3 heteroatoms. The van der Waals surface area contributed by atoms with Gasteiger partial charge in [0.2, 0.25) is 0 Å². The van der Waals surface area contributed by atoms with Gasteiger partial charge in [-0.3, -0.25) is 9.18 Å². The summed E-state index contributed by atoms with van der Waals surface area (Å²) in [4.78, 5) is 10.7. The lowest BCUT2D eigenvalue weighted by molar-refractivity contribution is -0.138. The van der Waals surface area contributed by atoms with E-state index in [9.17, 15) is 9.18 Å². The molecular formula is C13H17FO2. The third-order valence-electron chi connectivity index (χ3n) is 2.68. The Kier molecular flexibility index (Phi) is 4.05. The molecule has 0 atom stereocenters. The number of carboxylic acid groups (broad SMARTS) is 1. The first-order valence-corrected chi connectivity index (χ1v) is 5.33. The Balaban J connectivity index is 2.93. The Morgan fingerprint density at radius 3 is 2.69 bits per heavy atom. The molecule has 0 aliphatic heterocycles. The lowest BCUT2D eigenvalue weighted by Crippen LogP contribution is -2.21. The standard InChI is InChI=1S/C13H17FO2/c1-13(2,9-12(15)16)11-5-3-4-10(8-11)6-7-14/h3-5,8H,6-7,9H2,1-2H3,(H,15,16). The highest BCUT2D eigenvalue weighted by atomic mass is 19.1. The number of carbonyl (C=O) groups is 1. The fraction of sp³-hybridized carbons (Fsp3) is 0.462. The van der Waals surface area contributed by atoms with Crippen LogP contribution in [-0.4, -0.2) is 17.8 Å². The number of hydrogen-bond donors (Lipinski definition) is 1. The zero-order chi connectivity index (χ0) is 12.2. The first kappa shape index (κ1) is 12.7. The summed E-state index contributed by atoms with van der Waals surface area (Å²) in [5, 5.41) is 8.82. The van der Waals surface area contributed by atoms with Gasteiger partial charge in [0.1, 0.15) is 0 Å². The number of alkyl halides is 1. The first-order chi connectivity index (χ1) is 7.45. The highest BCUT2D eigenvalue weighted by molar-refractivity contribution is 5.68.